The van der Waals surface area contributed by atoms with Crippen LogP contribution in [-0.4, -0.2) is 21.9 Å². The molecule has 2 rings (SSSR count). The molecule has 4 heteroatoms. The highest BCUT2D eigenvalue weighted by molar-refractivity contribution is 5.93. The van der Waals surface area contributed by atoms with Gasteiger partial charge >= 0.3 is 0 Å². The molecule has 4 nitrogen and oxygen atoms in total. The molecule has 1 fully saturated rings. The number of rotatable bonds is 6. The zero-order valence-electron chi connectivity index (χ0n) is 15.8. The van der Waals surface area contributed by atoms with E-state index < -0.39 is 0 Å². The molecule has 1 amide bonds. The first-order chi connectivity index (χ1) is 12.0. The molecule has 25 heavy (non-hydrogen) atoms. The van der Waals surface area contributed by atoms with Crippen molar-refractivity contribution in [3.05, 3.63) is 53.2 Å². The molecule has 1 saturated carbocycles. The van der Waals surface area contributed by atoms with Crippen LogP contribution in [-0.2, 0) is 0 Å². The Bertz CT molecular complexity index is 678. The lowest BCUT2D eigenvalue weighted by Gasteiger charge is -2.11. The van der Waals surface area contributed by atoms with E-state index in [9.17, 15) is 4.79 Å². The van der Waals surface area contributed by atoms with Gasteiger partial charge in [-0.1, -0.05) is 43.1 Å². The summed E-state index contributed by atoms with van der Waals surface area (Å²) in [5.74, 6) is 0.565. The molecule has 0 saturated heterocycles. The quantitative estimate of drug-likeness (QED) is 0.753. The van der Waals surface area contributed by atoms with Crippen LogP contribution in [0.1, 0.15) is 76.0 Å². The Morgan fingerprint density at radius 3 is 2.40 bits per heavy atom. The second-order valence-corrected chi connectivity index (χ2v) is 6.73. The number of allylic oxidation sites excluding steroid dienone is 6. The van der Waals surface area contributed by atoms with Gasteiger partial charge in [-0.05, 0) is 46.1 Å². The molecule has 1 aliphatic carbocycles. The van der Waals surface area contributed by atoms with Gasteiger partial charge in [-0.25, -0.2) is 9.97 Å². The van der Waals surface area contributed by atoms with Crippen LogP contribution in [0.5, 0.6) is 0 Å². The van der Waals surface area contributed by atoms with Crippen molar-refractivity contribution in [2.45, 2.75) is 65.8 Å². The fourth-order valence-electron chi connectivity index (χ4n) is 2.99. The average molecular weight is 339 g/mol. The van der Waals surface area contributed by atoms with E-state index in [0.717, 1.165) is 24.8 Å². The first kappa shape index (κ1) is 19.1. The van der Waals surface area contributed by atoms with E-state index in [0.29, 0.717) is 17.4 Å². The highest BCUT2D eigenvalue weighted by Crippen LogP contribution is 2.18. The summed E-state index contributed by atoms with van der Waals surface area (Å²) in [5.41, 5.74) is 3.98. The Hall–Kier alpha value is -2.23. The molecule has 1 aromatic rings. The predicted octanol–water partition coefficient (Wildman–Crippen LogP) is 4.85. The standard InChI is InChI=1S/C21H29N3O/c1-5-15(3)11-16(4)12-17(6-2)20-22-13-18(14-23-20)21(25)24-19-9-7-8-10-19/h6,11-14,19H,5,7-10H2,1-4H3,(H,24,25)/b15-11?,16-12-,17-6+. The van der Waals surface area contributed by atoms with Crippen molar-refractivity contribution in [3.63, 3.8) is 0 Å². The van der Waals surface area contributed by atoms with Crippen molar-refractivity contribution in [2.75, 3.05) is 0 Å². The van der Waals surface area contributed by atoms with E-state index in [4.69, 9.17) is 0 Å². The molecule has 0 atom stereocenters. The third-order valence-corrected chi connectivity index (χ3v) is 4.59. The molecule has 0 unspecified atom stereocenters. The summed E-state index contributed by atoms with van der Waals surface area (Å²) >= 11 is 0. The van der Waals surface area contributed by atoms with Gasteiger partial charge in [-0.2, -0.15) is 0 Å². The highest BCUT2D eigenvalue weighted by atomic mass is 16.1. The maximum absolute atomic E-state index is 12.3. The molecule has 1 N–H and O–H groups in total. The van der Waals surface area contributed by atoms with Gasteiger partial charge in [0.2, 0.25) is 0 Å². The predicted molar refractivity (Wildman–Crippen MR) is 103 cm³/mol. The fraction of sp³-hybridized carbons (Fsp3) is 0.476. The molecule has 1 aromatic heterocycles. The van der Waals surface area contributed by atoms with Gasteiger partial charge in [-0.3, -0.25) is 4.79 Å². The summed E-state index contributed by atoms with van der Waals surface area (Å²) in [6.07, 6.45) is 15.1. The van der Waals surface area contributed by atoms with E-state index in [1.54, 1.807) is 12.4 Å². The van der Waals surface area contributed by atoms with E-state index in [1.165, 1.54) is 24.0 Å². The molecule has 0 bridgehead atoms. The molecule has 1 heterocycles. The van der Waals surface area contributed by atoms with Crippen LogP contribution in [0.3, 0.4) is 0 Å². The normalized spacial score (nSPS) is 17.0. The maximum atomic E-state index is 12.3. The molecule has 134 valence electrons. The number of nitrogens with one attached hydrogen (secondary N) is 1. The highest BCUT2D eigenvalue weighted by Gasteiger charge is 2.18. The van der Waals surface area contributed by atoms with Gasteiger partial charge in [0.25, 0.3) is 5.91 Å². The maximum Gasteiger partial charge on any atom is 0.254 e. The third-order valence-electron chi connectivity index (χ3n) is 4.59. The second kappa shape index (κ2) is 9.30. The van der Waals surface area contributed by atoms with Gasteiger partial charge < -0.3 is 5.32 Å². The Morgan fingerprint density at radius 2 is 1.84 bits per heavy atom. The van der Waals surface area contributed by atoms with E-state index >= 15 is 0 Å². The first-order valence-corrected chi connectivity index (χ1v) is 9.18. The van der Waals surface area contributed by atoms with Crippen molar-refractivity contribution in [1.82, 2.24) is 15.3 Å². The van der Waals surface area contributed by atoms with Crippen LogP contribution >= 0.6 is 0 Å². The summed E-state index contributed by atoms with van der Waals surface area (Å²) in [7, 11) is 0. The van der Waals surface area contributed by atoms with Crippen LogP contribution < -0.4 is 5.32 Å². The van der Waals surface area contributed by atoms with Crippen molar-refractivity contribution < 1.29 is 4.79 Å². The summed E-state index contributed by atoms with van der Waals surface area (Å²) in [6.45, 7) is 8.32. The van der Waals surface area contributed by atoms with Crippen LogP contribution in [0, 0.1) is 0 Å². The molecule has 0 spiro atoms. The molecule has 0 aromatic carbocycles. The SMILES string of the molecule is C/C=C(\C=C(\C)C=C(C)CC)c1ncc(C(=O)NC2CCCC2)cn1. The Balaban J connectivity index is 2.09. The van der Waals surface area contributed by atoms with Crippen LogP contribution in [0.2, 0.25) is 0 Å². The summed E-state index contributed by atoms with van der Waals surface area (Å²) in [6, 6.07) is 0.303. The lowest BCUT2D eigenvalue weighted by atomic mass is 10.1. The number of carbonyl (C=O) groups is 1. The smallest absolute Gasteiger partial charge is 0.254 e. The average Bonchev–Trinajstić information content (AvgIpc) is 3.12. The molecular weight excluding hydrogens is 310 g/mol. The molecule has 0 aliphatic heterocycles. The Kier molecular flexibility index (Phi) is 7.11. The van der Waals surface area contributed by atoms with Gasteiger partial charge in [-0.15, -0.1) is 0 Å². The lowest BCUT2D eigenvalue weighted by molar-refractivity contribution is 0.0937. The zero-order valence-corrected chi connectivity index (χ0v) is 15.8. The molecule has 0 radical (unpaired) electrons. The summed E-state index contributed by atoms with van der Waals surface area (Å²) < 4.78 is 0. The zero-order chi connectivity index (χ0) is 18.2. The third kappa shape index (κ3) is 5.66. The second-order valence-electron chi connectivity index (χ2n) is 6.73. The van der Waals surface area contributed by atoms with Crippen LogP contribution in [0.15, 0.2) is 41.8 Å². The van der Waals surface area contributed by atoms with Gasteiger partial charge in [0.1, 0.15) is 0 Å². The van der Waals surface area contributed by atoms with Gasteiger partial charge in [0, 0.05) is 24.0 Å². The number of carbonyl (C=O) groups excluding carboxylic acids is 1. The number of hydrogen-bond acceptors (Lipinski definition) is 3. The topological polar surface area (TPSA) is 54.9 Å². The largest absolute Gasteiger partial charge is 0.349 e. The van der Waals surface area contributed by atoms with E-state index in [2.05, 4.69) is 48.2 Å². The van der Waals surface area contributed by atoms with Crippen LogP contribution in [0.25, 0.3) is 5.57 Å². The summed E-state index contributed by atoms with van der Waals surface area (Å²) in [5, 5.41) is 3.06. The number of nitrogens with zero attached hydrogens (tertiary/aromatic N) is 2. The monoisotopic (exact) mass is 339 g/mol. The number of aromatic nitrogens is 2. The van der Waals surface area contributed by atoms with Crippen molar-refractivity contribution in [2.24, 2.45) is 0 Å². The van der Waals surface area contributed by atoms with E-state index in [1.807, 2.05) is 13.0 Å². The number of amides is 1. The van der Waals surface area contributed by atoms with Crippen LogP contribution in [0.4, 0.5) is 0 Å². The Labute approximate surface area is 151 Å². The molecular formula is C21H29N3O. The van der Waals surface area contributed by atoms with Crippen molar-refractivity contribution in [1.29, 1.82) is 0 Å². The van der Waals surface area contributed by atoms with Gasteiger partial charge in [0.05, 0.1) is 5.56 Å². The van der Waals surface area contributed by atoms with Crippen molar-refractivity contribution in [3.8, 4) is 0 Å². The first-order valence-electron chi connectivity index (χ1n) is 9.18. The van der Waals surface area contributed by atoms with Crippen molar-refractivity contribution >= 4 is 11.5 Å². The minimum absolute atomic E-state index is 0.0753. The minimum atomic E-state index is -0.0753. The fourth-order valence-corrected chi connectivity index (χ4v) is 2.99. The minimum Gasteiger partial charge on any atom is -0.349 e. The molecule has 1 aliphatic rings. The van der Waals surface area contributed by atoms with E-state index in [-0.39, 0.29) is 5.91 Å². The van der Waals surface area contributed by atoms with Gasteiger partial charge in [0.15, 0.2) is 5.82 Å². The lowest BCUT2D eigenvalue weighted by Crippen LogP contribution is -2.32. The number of hydrogen-bond donors (Lipinski definition) is 1. The Morgan fingerprint density at radius 1 is 1.20 bits per heavy atom. The summed E-state index contributed by atoms with van der Waals surface area (Å²) in [4.78, 5) is 21.0.